The number of rotatable bonds is 4. The summed E-state index contributed by atoms with van der Waals surface area (Å²) >= 11 is 4.80. The number of carbonyl (C=O) groups excluding carboxylic acids is 1. The number of carbonyl (C=O) groups is 2. The molecule has 0 bridgehead atoms. The number of halogens is 1. The topological polar surface area (TPSA) is 54.4 Å². The van der Waals surface area contributed by atoms with Crippen molar-refractivity contribution in [1.29, 1.82) is 0 Å². The lowest BCUT2D eigenvalue weighted by Gasteiger charge is -2.42. The van der Waals surface area contributed by atoms with E-state index in [1.54, 1.807) is 12.1 Å². The van der Waals surface area contributed by atoms with E-state index < -0.39 is 5.97 Å². The van der Waals surface area contributed by atoms with Crippen LogP contribution in [-0.2, 0) is 16.2 Å². The van der Waals surface area contributed by atoms with Crippen molar-refractivity contribution in [2.45, 2.75) is 61.6 Å². The molecule has 148 valence electrons. The van der Waals surface area contributed by atoms with Gasteiger partial charge in [0.2, 0.25) is 5.12 Å². The zero-order valence-electron chi connectivity index (χ0n) is 16.6. The van der Waals surface area contributed by atoms with Gasteiger partial charge in [-0.25, -0.2) is 4.79 Å². The third-order valence-corrected chi connectivity index (χ3v) is 7.37. The van der Waals surface area contributed by atoms with Crippen molar-refractivity contribution in [3.63, 3.8) is 0 Å². The van der Waals surface area contributed by atoms with Crippen LogP contribution >= 0.6 is 27.7 Å². The van der Waals surface area contributed by atoms with Gasteiger partial charge in [-0.2, -0.15) is 0 Å². The Labute approximate surface area is 179 Å². The van der Waals surface area contributed by atoms with E-state index in [0.29, 0.717) is 10.9 Å². The Hall–Kier alpha value is -1.59. The first-order valence-electron chi connectivity index (χ1n) is 9.34. The quantitative estimate of drug-likeness (QED) is 0.414. The van der Waals surface area contributed by atoms with Crippen LogP contribution in [0, 0.1) is 0 Å². The molecule has 2 aromatic carbocycles. The molecule has 0 saturated carbocycles. The van der Waals surface area contributed by atoms with Gasteiger partial charge in [0, 0.05) is 15.8 Å². The predicted octanol–water partition coefficient (Wildman–Crippen LogP) is 6.56. The van der Waals surface area contributed by atoms with Gasteiger partial charge >= 0.3 is 5.97 Å². The normalized spacial score (nSPS) is 17.0. The summed E-state index contributed by atoms with van der Waals surface area (Å²) in [5, 5.41) is 9.63. The predicted molar refractivity (Wildman–Crippen MR) is 118 cm³/mol. The molecule has 0 aliphatic heterocycles. The van der Waals surface area contributed by atoms with E-state index in [9.17, 15) is 9.59 Å². The van der Waals surface area contributed by atoms with E-state index in [2.05, 4.69) is 55.8 Å². The van der Waals surface area contributed by atoms with Crippen molar-refractivity contribution < 1.29 is 14.7 Å². The second-order valence-corrected chi connectivity index (χ2v) is 10.3. The Balaban J connectivity index is 1.98. The van der Waals surface area contributed by atoms with Crippen LogP contribution in [0.5, 0.6) is 0 Å². The van der Waals surface area contributed by atoms with E-state index >= 15 is 0 Å². The molecule has 3 nitrogen and oxygen atoms in total. The standard InChI is InChI=1S/C23H25BrO3S/c1-22(2)9-10-23(3,4)18-12-19(16(13-24)11-17(18)22)28-21(27)15-7-5-14(6-8-15)20(25)26/h5-8,11-12H,9-10,13H2,1-4H3,(H,25,26). The Morgan fingerprint density at radius 1 is 0.964 bits per heavy atom. The molecule has 0 saturated heterocycles. The van der Waals surface area contributed by atoms with Crippen molar-refractivity contribution in [2.24, 2.45) is 0 Å². The fourth-order valence-electron chi connectivity index (χ4n) is 3.75. The fraction of sp³-hybridized carbons (Fsp3) is 0.391. The van der Waals surface area contributed by atoms with Crippen LogP contribution in [0.2, 0.25) is 0 Å². The minimum atomic E-state index is -0.993. The van der Waals surface area contributed by atoms with Crippen molar-refractivity contribution >= 4 is 38.8 Å². The second-order valence-electron chi connectivity index (χ2n) is 8.68. The highest BCUT2D eigenvalue weighted by atomic mass is 79.9. The van der Waals surface area contributed by atoms with Crippen LogP contribution in [0.25, 0.3) is 0 Å². The van der Waals surface area contributed by atoms with Crippen molar-refractivity contribution in [3.05, 3.63) is 64.2 Å². The number of carboxylic acid groups (broad SMARTS) is 1. The van der Waals surface area contributed by atoms with E-state index in [1.807, 2.05) is 0 Å². The van der Waals surface area contributed by atoms with Gasteiger partial charge in [0.15, 0.2) is 0 Å². The highest BCUT2D eigenvalue weighted by molar-refractivity contribution is 9.08. The summed E-state index contributed by atoms with van der Waals surface area (Å²) in [6.45, 7) is 9.13. The van der Waals surface area contributed by atoms with Crippen LogP contribution in [0.1, 0.15) is 77.9 Å². The van der Waals surface area contributed by atoms with Gasteiger partial charge in [-0.1, -0.05) is 49.7 Å². The molecular weight excluding hydrogens is 436 g/mol. The SMILES string of the molecule is CC1(C)CCC(C)(C)c2cc(SC(=O)c3ccc(C(=O)O)cc3)c(CBr)cc21. The number of benzene rings is 2. The first-order valence-corrected chi connectivity index (χ1v) is 11.3. The summed E-state index contributed by atoms with van der Waals surface area (Å²) in [6, 6.07) is 10.6. The van der Waals surface area contributed by atoms with E-state index in [1.165, 1.54) is 35.0 Å². The zero-order valence-corrected chi connectivity index (χ0v) is 19.0. The number of alkyl halides is 1. The van der Waals surface area contributed by atoms with Crippen molar-refractivity contribution in [3.8, 4) is 0 Å². The van der Waals surface area contributed by atoms with Crippen molar-refractivity contribution in [2.75, 3.05) is 0 Å². The van der Waals surface area contributed by atoms with Gasteiger partial charge in [-0.3, -0.25) is 4.79 Å². The van der Waals surface area contributed by atoms with Crippen LogP contribution in [-0.4, -0.2) is 16.2 Å². The number of thioether (sulfide) groups is 1. The average molecular weight is 461 g/mol. The zero-order chi connectivity index (χ0) is 20.7. The Morgan fingerprint density at radius 2 is 1.46 bits per heavy atom. The number of aromatic carboxylic acids is 1. The fourth-order valence-corrected chi connectivity index (χ4v) is 5.29. The molecular formula is C23H25BrO3S. The second kappa shape index (κ2) is 7.68. The van der Waals surface area contributed by atoms with E-state index in [4.69, 9.17) is 5.11 Å². The molecule has 2 aromatic rings. The van der Waals surface area contributed by atoms with Gasteiger partial charge in [0.25, 0.3) is 0 Å². The van der Waals surface area contributed by atoms with Gasteiger partial charge in [0.1, 0.15) is 0 Å². The van der Waals surface area contributed by atoms with Crippen LogP contribution in [0.15, 0.2) is 41.3 Å². The Kier molecular flexibility index (Phi) is 5.79. The number of hydrogen-bond acceptors (Lipinski definition) is 3. The molecule has 0 unspecified atom stereocenters. The van der Waals surface area contributed by atoms with Gasteiger partial charge in [-0.05, 0) is 82.5 Å². The first-order chi connectivity index (χ1) is 13.0. The number of hydrogen-bond donors (Lipinski definition) is 1. The lowest BCUT2D eigenvalue weighted by molar-refractivity contribution is 0.0696. The highest BCUT2D eigenvalue weighted by Gasteiger charge is 2.37. The molecule has 1 N–H and O–H groups in total. The van der Waals surface area contributed by atoms with Crippen LogP contribution < -0.4 is 0 Å². The van der Waals surface area contributed by atoms with Gasteiger partial charge < -0.3 is 5.11 Å². The maximum atomic E-state index is 12.8. The molecule has 0 fully saturated rings. The Morgan fingerprint density at radius 3 is 1.96 bits per heavy atom. The molecule has 28 heavy (non-hydrogen) atoms. The molecule has 0 heterocycles. The average Bonchev–Trinajstić information content (AvgIpc) is 2.65. The molecule has 0 spiro atoms. The summed E-state index contributed by atoms with van der Waals surface area (Å²) in [6.07, 6.45) is 2.27. The van der Waals surface area contributed by atoms with E-state index in [0.717, 1.165) is 23.3 Å². The number of carboxylic acids is 1. The molecule has 5 heteroatoms. The number of fused-ring (bicyclic) bond motifs is 1. The lowest BCUT2D eigenvalue weighted by atomic mass is 9.63. The maximum Gasteiger partial charge on any atom is 0.335 e. The summed E-state index contributed by atoms with van der Waals surface area (Å²) in [7, 11) is 0. The monoisotopic (exact) mass is 460 g/mol. The van der Waals surface area contributed by atoms with Crippen molar-refractivity contribution in [1.82, 2.24) is 0 Å². The molecule has 0 aromatic heterocycles. The van der Waals surface area contributed by atoms with Crippen LogP contribution in [0.3, 0.4) is 0 Å². The Bertz CT molecular complexity index is 930. The smallest absolute Gasteiger partial charge is 0.335 e. The summed E-state index contributed by atoms with van der Waals surface area (Å²) in [5.41, 5.74) is 4.71. The molecule has 0 amide bonds. The molecule has 3 rings (SSSR count). The minimum absolute atomic E-state index is 0.0769. The lowest BCUT2D eigenvalue weighted by Crippen LogP contribution is -2.34. The summed E-state index contributed by atoms with van der Waals surface area (Å²) in [5.74, 6) is -0.993. The largest absolute Gasteiger partial charge is 0.478 e. The molecule has 0 radical (unpaired) electrons. The highest BCUT2D eigenvalue weighted by Crippen LogP contribution is 2.48. The summed E-state index contributed by atoms with van der Waals surface area (Å²) in [4.78, 5) is 24.8. The van der Waals surface area contributed by atoms with Crippen LogP contribution in [0.4, 0.5) is 0 Å². The van der Waals surface area contributed by atoms with Gasteiger partial charge in [0.05, 0.1) is 5.56 Å². The third-order valence-electron chi connectivity index (χ3n) is 5.75. The third kappa shape index (κ3) is 4.06. The summed E-state index contributed by atoms with van der Waals surface area (Å²) < 4.78 is 0. The maximum absolute atomic E-state index is 12.8. The minimum Gasteiger partial charge on any atom is -0.478 e. The molecule has 0 atom stereocenters. The first kappa shape index (κ1) is 21.1. The molecule has 1 aliphatic carbocycles. The van der Waals surface area contributed by atoms with E-state index in [-0.39, 0.29) is 21.5 Å². The van der Waals surface area contributed by atoms with Gasteiger partial charge in [-0.15, -0.1) is 0 Å². The molecule has 1 aliphatic rings.